The Kier molecular flexibility index (Phi) is 3.78. The van der Waals surface area contributed by atoms with Gasteiger partial charge in [0, 0.05) is 0 Å². The van der Waals surface area contributed by atoms with Gasteiger partial charge in [-0.2, -0.15) is 0 Å². The highest BCUT2D eigenvalue weighted by atomic mass is 15.1. The normalized spacial score (nSPS) is 32.1. The Morgan fingerprint density at radius 2 is 1.92 bits per heavy atom. The SMILES string of the molecule is CCN1CCCC(C)(C(C)C)CC1. The van der Waals surface area contributed by atoms with Gasteiger partial charge in [-0.25, -0.2) is 0 Å². The monoisotopic (exact) mass is 183 g/mol. The third-order valence-corrected chi connectivity index (χ3v) is 4.06. The zero-order valence-corrected chi connectivity index (χ0v) is 9.77. The first-order valence-corrected chi connectivity index (χ1v) is 5.81. The van der Waals surface area contributed by atoms with E-state index >= 15 is 0 Å². The second kappa shape index (κ2) is 4.45. The van der Waals surface area contributed by atoms with Gasteiger partial charge in [0.25, 0.3) is 0 Å². The highest BCUT2D eigenvalue weighted by Crippen LogP contribution is 2.37. The van der Waals surface area contributed by atoms with E-state index in [1.54, 1.807) is 0 Å². The topological polar surface area (TPSA) is 3.24 Å². The number of hydrogen-bond donors (Lipinski definition) is 0. The summed E-state index contributed by atoms with van der Waals surface area (Å²) in [5.41, 5.74) is 0.601. The molecule has 0 aromatic rings. The molecule has 0 bridgehead atoms. The van der Waals surface area contributed by atoms with Crippen LogP contribution in [-0.4, -0.2) is 24.5 Å². The van der Waals surface area contributed by atoms with E-state index in [0.717, 1.165) is 5.92 Å². The van der Waals surface area contributed by atoms with Gasteiger partial charge < -0.3 is 4.90 Å². The van der Waals surface area contributed by atoms with Crippen molar-refractivity contribution < 1.29 is 0 Å². The van der Waals surface area contributed by atoms with Crippen molar-refractivity contribution in [3.05, 3.63) is 0 Å². The van der Waals surface area contributed by atoms with E-state index in [9.17, 15) is 0 Å². The Bertz CT molecular complexity index is 153. The van der Waals surface area contributed by atoms with Gasteiger partial charge in [-0.3, -0.25) is 0 Å². The molecule has 0 aromatic carbocycles. The molecule has 0 spiro atoms. The van der Waals surface area contributed by atoms with Crippen molar-refractivity contribution >= 4 is 0 Å². The quantitative estimate of drug-likeness (QED) is 0.635. The molecule has 78 valence electrons. The van der Waals surface area contributed by atoms with Crippen molar-refractivity contribution in [2.45, 2.75) is 47.0 Å². The maximum atomic E-state index is 2.59. The average Bonchev–Trinajstić information content (AvgIpc) is 2.28. The molecule has 0 aliphatic carbocycles. The highest BCUT2D eigenvalue weighted by Gasteiger charge is 2.30. The molecule has 1 nitrogen and oxygen atoms in total. The van der Waals surface area contributed by atoms with E-state index < -0.39 is 0 Å². The molecule has 1 heterocycles. The fourth-order valence-corrected chi connectivity index (χ4v) is 2.25. The lowest BCUT2D eigenvalue weighted by molar-refractivity contribution is 0.181. The fraction of sp³-hybridized carbons (Fsp3) is 1.00. The number of nitrogens with zero attached hydrogens (tertiary/aromatic N) is 1. The van der Waals surface area contributed by atoms with Gasteiger partial charge in [-0.1, -0.05) is 27.7 Å². The van der Waals surface area contributed by atoms with Crippen molar-refractivity contribution in [2.24, 2.45) is 11.3 Å². The lowest BCUT2D eigenvalue weighted by Gasteiger charge is -2.32. The summed E-state index contributed by atoms with van der Waals surface area (Å²) in [6, 6.07) is 0. The molecule has 0 aromatic heterocycles. The van der Waals surface area contributed by atoms with E-state index in [0.29, 0.717) is 5.41 Å². The van der Waals surface area contributed by atoms with Crippen molar-refractivity contribution in [3.8, 4) is 0 Å². The van der Waals surface area contributed by atoms with Crippen LogP contribution in [0.15, 0.2) is 0 Å². The molecular formula is C12H25N. The molecule has 1 fully saturated rings. The summed E-state index contributed by atoms with van der Waals surface area (Å²) in [5, 5.41) is 0. The number of likely N-dealkylation sites (tertiary alicyclic amines) is 1. The van der Waals surface area contributed by atoms with Gasteiger partial charge >= 0.3 is 0 Å². The van der Waals surface area contributed by atoms with E-state index in [1.807, 2.05) is 0 Å². The highest BCUT2D eigenvalue weighted by molar-refractivity contribution is 4.82. The number of rotatable bonds is 2. The molecule has 1 aliphatic heterocycles. The van der Waals surface area contributed by atoms with Crippen molar-refractivity contribution in [1.82, 2.24) is 4.90 Å². The zero-order chi connectivity index (χ0) is 9.90. The van der Waals surface area contributed by atoms with Crippen LogP contribution in [0.5, 0.6) is 0 Å². The first-order valence-electron chi connectivity index (χ1n) is 5.81. The van der Waals surface area contributed by atoms with Crippen LogP contribution in [0.25, 0.3) is 0 Å². The second-order valence-electron chi connectivity index (χ2n) is 5.10. The van der Waals surface area contributed by atoms with Gasteiger partial charge in [0.1, 0.15) is 0 Å². The summed E-state index contributed by atoms with van der Waals surface area (Å²) >= 11 is 0. The summed E-state index contributed by atoms with van der Waals surface area (Å²) in [5.74, 6) is 0.837. The van der Waals surface area contributed by atoms with Gasteiger partial charge in [-0.15, -0.1) is 0 Å². The Morgan fingerprint density at radius 3 is 2.46 bits per heavy atom. The van der Waals surface area contributed by atoms with Crippen molar-refractivity contribution in [1.29, 1.82) is 0 Å². The van der Waals surface area contributed by atoms with Crippen LogP contribution in [0, 0.1) is 11.3 Å². The molecular weight excluding hydrogens is 158 g/mol. The van der Waals surface area contributed by atoms with Gasteiger partial charge in [0.05, 0.1) is 0 Å². The maximum Gasteiger partial charge on any atom is -0.00136 e. The minimum atomic E-state index is 0.601. The van der Waals surface area contributed by atoms with E-state index in [1.165, 1.54) is 38.9 Å². The molecule has 0 amide bonds. The number of hydrogen-bond acceptors (Lipinski definition) is 1. The van der Waals surface area contributed by atoms with Crippen LogP contribution in [0.4, 0.5) is 0 Å². The molecule has 1 heteroatoms. The second-order valence-corrected chi connectivity index (χ2v) is 5.10. The van der Waals surface area contributed by atoms with Crippen molar-refractivity contribution in [3.63, 3.8) is 0 Å². The van der Waals surface area contributed by atoms with E-state index in [-0.39, 0.29) is 0 Å². The van der Waals surface area contributed by atoms with Crippen LogP contribution >= 0.6 is 0 Å². The van der Waals surface area contributed by atoms with E-state index in [4.69, 9.17) is 0 Å². The zero-order valence-electron chi connectivity index (χ0n) is 9.77. The summed E-state index contributed by atoms with van der Waals surface area (Å²) in [6.07, 6.45) is 4.20. The predicted molar refractivity (Wildman–Crippen MR) is 58.9 cm³/mol. The van der Waals surface area contributed by atoms with Crippen LogP contribution in [0.3, 0.4) is 0 Å². The molecule has 1 unspecified atom stereocenters. The lowest BCUT2D eigenvalue weighted by Crippen LogP contribution is -2.27. The Morgan fingerprint density at radius 1 is 1.23 bits per heavy atom. The molecule has 1 saturated heterocycles. The third kappa shape index (κ3) is 2.70. The summed E-state index contributed by atoms with van der Waals surface area (Å²) in [6.45, 7) is 13.4. The van der Waals surface area contributed by atoms with Crippen LogP contribution in [0.1, 0.15) is 47.0 Å². The third-order valence-electron chi connectivity index (χ3n) is 4.06. The summed E-state index contributed by atoms with van der Waals surface area (Å²) in [7, 11) is 0. The summed E-state index contributed by atoms with van der Waals surface area (Å²) < 4.78 is 0. The Labute approximate surface area is 83.5 Å². The molecule has 0 radical (unpaired) electrons. The fourth-order valence-electron chi connectivity index (χ4n) is 2.25. The van der Waals surface area contributed by atoms with E-state index in [2.05, 4.69) is 32.6 Å². The molecule has 1 rings (SSSR count). The van der Waals surface area contributed by atoms with Crippen LogP contribution in [-0.2, 0) is 0 Å². The summed E-state index contributed by atoms with van der Waals surface area (Å²) in [4.78, 5) is 2.59. The largest absolute Gasteiger partial charge is 0.304 e. The lowest BCUT2D eigenvalue weighted by atomic mass is 9.73. The maximum absolute atomic E-state index is 2.59. The Hall–Kier alpha value is -0.0400. The Balaban J connectivity index is 2.52. The van der Waals surface area contributed by atoms with Gasteiger partial charge in [-0.05, 0) is 50.2 Å². The smallest absolute Gasteiger partial charge is 0.00136 e. The first-order chi connectivity index (χ1) is 6.08. The van der Waals surface area contributed by atoms with Crippen LogP contribution < -0.4 is 0 Å². The minimum absolute atomic E-state index is 0.601. The molecule has 0 saturated carbocycles. The van der Waals surface area contributed by atoms with Gasteiger partial charge in [0.15, 0.2) is 0 Å². The standard InChI is InChI=1S/C12H25N/c1-5-13-9-6-7-12(4,8-10-13)11(2)3/h11H,5-10H2,1-4H3. The minimum Gasteiger partial charge on any atom is -0.304 e. The van der Waals surface area contributed by atoms with Crippen LogP contribution in [0.2, 0.25) is 0 Å². The molecule has 1 atom stereocenters. The molecule has 1 aliphatic rings. The van der Waals surface area contributed by atoms with Gasteiger partial charge in [0.2, 0.25) is 0 Å². The predicted octanol–water partition coefficient (Wildman–Crippen LogP) is 3.15. The van der Waals surface area contributed by atoms with Crippen molar-refractivity contribution in [2.75, 3.05) is 19.6 Å². The average molecular weight is 183 g/mol. The molecule has 13 heavy (non-hydrogen) atoms. The molecule has 0 N–H and O–H groups in total. The first kappa shape index (κ1) is 11.0.